The fraction of sp³-hybridized carbons (Fsp3) is 0.333. The lowest BCUT2D eigenvalue weighted by atomic mass is 9.98. The number of benzene rings is 2. The molecule has 0 aromatic heterocycles. The Balaban J connectivity index is 2.03. The van der Waals surface area contributed by atoms with Gasteiger partial charge in [0.15, 0.2) is 11.5 Å². The van der Waals surface area contributed by atoms with Gasteiger partial charge in [0.05, 0.1) is 33.1 Å². The largest absolute Gasteiger partial charge is 0.493 e. The lowest BCUT2D eigenvalue weighted by Gasteiger charge is -2.21. The predicted octanol–water partition coefficient (Wildman–Crippen LogP) is 3.80. The zero-order valence-electron chi connectivity index (χ0n) is 16.1. The molecule has 6 nitrogen and oxygen atoms in total. The van der Waals surface area contributed by atoms with Crippen LogP contribution in [0.1, 0.15) is 36.9 Å². The van der Waals surface area contributed by atoms with Crippen molar-refractivity contribution in [2.45, 2.75) is 25.8 Å². The highest BCUT2D eigenvalue weighted by Gasteiger charge is 2.33. The molecule has 0 saturated heterocycles. The van der Waals surface area contributed by atoms with E-state index in [4.69, 9.17) is 14.2 Å². The molecule has 0 spiro atoms. The van der Waals surface area contributed by atoms with Crippen LogP contribution in [-0.2, 0) is 4.79 Å². The molecule has 2 aromatic carbocycles. The van der Waals surface area contributed by atoms with Gasteiger partial charge in [-0.2, -0.15) is 5.10 Å². The molecule has 0 saturated carbocycles. The number of nitrogens with zero attached hydrogens (tertiary/aromatic N) is 2. The van der Waals surface area contributed by atoms with Gasteiger partial charge < -0.3 is 14.2 Å². The van der Waals surface area contributed by atoms with Gasteiger partial charge in [0, 0.05) is 18.4 Å². The third-order valence-electron chi connectivity index (χ3n) is 4.65. The van der Waals surface area contributed by atoms with E-state index >= 15 is 0 Å². The van der Waals surface area contributed by atoms with Crippen molar-refractivity contribution in [2.75, 3.05) is 21.3 Å². The molecular weight excluding hydrogens is 344 g/mol. The molecule has 1 aliphatic rings. The summed E-state index contributed by atoms with van der Waals surface area (Å²) in [7, 11) is 4.73. The fourth-order valence-electron chi connectivity index (χ4n) is 3.26. The Bertz CT molecular complexity index is 824. The van der Waals surface area contributed by atoms with Gasteiger partial charge in [0.1, 0.15) is 0 Å². The molecule has 0 radical (unpaired) electrons. The molecule has 1 amide bonds. The van der Waals surface area contributed by atoms with Crippen molar-refractivity contribution >= 4 is 11.6 Å². The summed E-state index contributed by atoms with van der Waals surface area (Å²) >= 11 is 0. The van der Waals surface area contributed by atoms with Gasteiger partial charge in [-0.15, -0.1) is 0 Å². The monoisotopic (exact) mass is 368 g/mol. The lowest BCUT2D eigenvalue weighted by Crippen LogP contribution is -2.26. The third-order valence-corrected chi connectivity index (χ3v) is 4.65. The summed E-state index contributed by atoms with van der Waals surface area (Å²) in [5.74, 6) is 1.65. The van der Waals surface area contributed by atoms with E-state index in [0.717, 1.165) is 16.8 Å². The number of ether oxygens (including phenoxy) is 3. The lowest BCUT2D eigenvalue weighted by molar-refractivity contribution is -0.132. The van der Waals surface area contributed by atoms with Crippen LogP contribution in [0.15, 0.2) is 47.6 Å². The number of rotatable bonds is 6. The molecule has 3 rings (SSSR count). The number of hydrogen-bond donors (Lipinski definition) is 0. The Hall–Kier alpha value is -3.02. The minimum atomic E-state index is -0.118. The van der Waals surface area contributed by atoms with Gasteiger partial charge in [-0.1, -0.05) is 37.3 Å². The van der Waals surface area contributed by atoms with Crippen molar-refractivity contribution in [1.29, 1.82) is 0 Å². The van der Waals surface area contributed by atoms with Crippen LogP contribution in [0, 0.1) is 0 Å². The SMILES string of the molecule is CCC(=O)N1N=C(c2cc(OC)c(OC)c(OC)c2)C[C@H]1c1ccccc1. The van der Waals surface area contributed by atoms with Crippen LogP contribution >= 0.6 is 0 Å². The molecule has 0 N–H and O–H groups in total. The van der Waals surface area contributed by atoms with E-state index in [0.29, 0.717) is 30.1 Å². The van der Waals surface area contributed by atoms with E-state index in [-0.39, 0.29) is 11.9 Å². The highest BCUT2D eigenvalue weighted by atomic mass is 16.5. The van der Waals surface area contributed by atoms with Crippen LogP contribution in [-0.4, -0.2) is 38.0 Å². The summed E-state index contributed by atoms with van der Waals surface area (Å²) in [6, 6.07) is 13.6. The van der Waals surface area contributed by atoms with Crippen molar-refractivity contribution in [3.8, 4) is 17.2 Å². The van der Waals surface area contributed by atoms with Crippen LogP contribution in [0.4, 0.5) is 0 Å². The Morgan fingerprint density at radius 3 is 2.22 bits per heavy atom. The molecule has 2 aromatic rings. The molecule has 0 unspecified atom stereocenters. The Kier molecular flexibility index (Phi) is 5.64. The van der Waals surface area contributed by atoms with E-state index in [1.54, 1.807) is 26.3 Å². The maximum atomic E-state index is 12.5. The number of hydrogen-bond acceptors (Lipinski definition) is 5. The van der Waals surface area contributed by atoms with Crippen LogP contribution in [0.2, 0.25) is 0 Å². The predicted molar refractivity (Wildman–Crippen MR) is 104 cm³/mol. The third kappa shape index (κ3) is 3.60. The first-order valence-electron chi connectivity index (χ1n) is 8.87. The number of amides is 1. The quantitative estimate of drug-likeness (QED) is 0.778. The molecule has 0 bridgehead atoms. The average Bonchev–Trinajstić information content (AvgIpc) is 3.18. The van der Waals surface area contributed by atoms with E-state index in [2.05, 4.69) is 5.10 Å². The van der Waals surface area contributed by atoms with Crippen molar-refractivity contribution in [1.82, 2.24) is 5.01 Å². The Morgan fingerprint density at radius 2 is 1.70 bits per heavy atom. The highest BCUT2D eigenvalue weighted by Crippen LogP contribution is 2.40. The molecule has 1 aliphatic heterocycles. The maximum absolute atomic E-state index is 12.5. The summed E-state index contributed by atoms with van der Waals surface area (Å²) in [5, 5.41) is 6.23. The molecular formula is C21H24N2O4. The maximum Gasteiger partial charge on any atom is 0.242 e. The molecule has 0 aliphatic carbocycles. The first kappa shape index (κ1) is 18.8. The van der Waals surface area contributed by atoms with Gasteiger partial charge in [-0.05, 0) is 17.7 Å². The highest BCUT2D eigenvalue weighted by molar-refractivity contribution is 6.04. The zero-order chi connectivity index (χ0) is 19.4. The number of hydrazone groups is 1. The molecule has 142 valence electrons. The van der Waals surface area contributed by atoms with Gasteiger partial charge in [-0.3, -0.25) is 4.79 Å². The van der Waals surface area contributed by atoms with E-state index < -0.39 is 0 Å². The standard InChI is InChI=1S/C21H24N2O4/c1-5-20(24)23-17(14-9-7-6-8-10-14)13-16(22-23)15-11-18(25-2)21(27-4)19(12-15)26-3/h6-12,17H,5,13H2,1-4H3/t17-/m0/s1. The summed E-state index contributed by atoms with van der Waals surface area (Å²) < 4.78 is 16.3. The normalized spacial score (nSPS) is 16.1. The summed E-state index contributed by atoms with van der Waals surface area (Å²) in [6.07, 6.45) is 1.02. The number of carbonyl (C=O) groups is 1. The second kappa shape index (κ2) is 8.12. The number of carbonyl (C=O) groups excluding carboxylic acids is 1. The molecule has 0 fully saturated rings. The van der Waals surface area contributed by atoms with Gasteiger partial charge in [0.25, 0.3) is 0 Å². The summed E-state index contributed by atoms with van der Waals surface area (Å²) in [5.41, 5.74) is 2.72. The van der Waals surface area contributed by atoms with Gasteiger partial charge in [-0.25, -0.2) is 5.01 Å². The van der Waals surface area contributed by atoms with Crippen LogP contribution in [0.5, 0.6) is 17.2 Å². The first-order valence-corrected chi connectivity index (χ1v) is 8.87. The van der Waals surface area contributed by atoms with E-state index in [1.165, 1.54) is 0 Å². The van der Waals surface area contributed by atoms with E-state index in [9.17, 15) is 4.79 Å². The van der Waals surface area contributed by atoms with Crippen LogP contribution in [0.3, 0.4) is 0 Å². The van der Waals surface area contributed by atoms with Gasteiger partial charge >= 0.3 is 0 Å². The van der Waals surface area contributed by atoms with Crippen LogP contribution < -0.4 is 14.2 Å². The van der Waals surface area contributed by atoms with Crippen molar-refractivity contribution < 1.29 is 19.0 Å². The van der Waals surface area contributed by atoms with Crippen molar-refractivity contribution in [2.24, 2.45) is 5.10 Å². The second-order valence-electron chi connectivity index (χ2n) is 6.18. The molecule has 1 heterocycles. The average molecular weight is 368 g/mol. The summed E-state index contributed by atoms with van der Waals surface area (Å²) in [4.78, 5) is 12.5. The zero-order valence-corrected chi connectivity index (χ0v) is 16.1. The smallest absolute Gasteiger partial charge is 0.242 e. The second-order valence-corrected chi connectivity index (χ2v) is 6.18. The fourth-order valence-corrected chi connectivity index (χ4v) is 3.26. The minimum Gasteiger partial charge on any atom is -0.493 e. The van der Waals surface area contributed by atoms with Gasteiger partial charge in [0.2, 0.25) is 11.7 Å². The first-order chi connectivity index (χ1) is 13.1. The molecule has 1 atom stereocenters. The Labute approximate surface area is 159 Å². The number of methoxy groups -OCH3 is 3. The molecule has 27 heavy (non-hydrogen) atoms. The Morgan fingerprint density at radius 1 is 1.07 bits per heavy atom. The minimum absolute atomic E-state index is 0.00806. The van der Waals surface area contributed by atoms with Crippen molar-refractivity contribution in [3.05, 3.63) is 53.6 Å². The summed E-state index contributed by atoms with van der Waals surface area (Å²) in [6.45, 7) is 1.84. The molecule has 6 heteroatoms. The van der Waals surface area contributed by atoms with Crippen LogP contribution in [0.25, 0.3) is 0 Å². The van der Waals surface area contributed by atoms with E-state index in [1.807, 2.05) is 49.4 Å². The van der Waals surface area contributed by atoms with Crippen molar-refractivity contribution in [3.63, 3.8) is 0 Å². The topological polar surface area (TPSA) is 60.4 Å².